The van der Waals surface area contributed by atoms with Gasteiger partial charge in [-0.25, -0.2) is 0 Å². The Morgan fingerprint density at radius 1 is 1.07 bits per heavy atom. The monoisotopic (exact) mass is 188 g/mol. The fourth-order valence-electron chi connectivity index (χ4n) is 2.99. The summed E-state index contributed by atoms with van der Waals surface area (Å²) >= 11 is 0. The van der Waals surface area contributed by atoms with E-state index in [1.807, 2.05) is 0 Å². The maximum atomic E-state index is 6.01. The second kappa shape index (κ2) is 3.09. The van der Waals surface area contributed by atoms with E-state index in [1.54, 1.807) is 0 Å². The van der Waals surface area contributed by atoms with E-state index in [4.69, 9.17) is 4.74 Å². The standard InChI is InChI=1S/C13H16O/c1-2-7-12-11(5-1)6-3-8-13(12)9-4-10-14-13/h1-2,5,7H,3-4,6,8-10H2. The SMILES string of the molecule is c1ccc2c(c1)CCCC21CCCO1. The van der Waals surface area contributed by atoms with E-state index in [-0.39, 0.29) is 5.60 Å². The van der Waals surface area contributed by atoms with Crippen LogP contribution in [0.5, 0.6) is 0 Å². The van der Waals surface area contributed by atoms with Gasteiger partial charge in [-0.05, 0) is 43.2 Å². The smallest absolute Gasteiger partial charge is 0.0934 e. The average Bonchev–Trinajstić information content (AvgIpc) is 2.68. The lowest BCUT2D eigenvalue weighted by Gasteiger charge is -2.34. The van der Waals surface area contributed by atoms with Crippen molar-refractivity contribution in [2.24, 2.45) is 0 Å². The number of fused-ring (bicyclic) bond motifs is 2. The van der Waals surface area contributed by atoms with Gasteiger partial charge < -0.3 is 4.74 Å². The van der Waals surface area contributed by atoms with Gasteiger partial charge in [0.05, 0.1) is 5.60 Å². The van der Waals surface area contributed by atoms with Gasteiger partial charge >= 0.3 is 0 Å². The summed E-state index contributed by atoms with van der Waals surface area (Å²) in [6, 6.07) is 8.82. The highest BCUT2D eigenvalue weighted by Crippen LogP contribution is 2.44. The molecule has 1 aromatic carbocycles. The maximum absolute atomic E-state index is 6.01. The quantitative estimate of drug-likeness (QED) is 0.608. The third kappa shape index (κ3) is 1.12. The minimum absolute atomic E-state index is 0.106. The van der Waals surface area contributed by atoms with E-state index in [2.05, 4.69) is 24.3 Å². The molecule has 0 radical (unpaired) electrons. The molecule has 3 rings (SSSR count). The zero-order chi connectivity index (χ0) is 9.43. The van der Waals surface area contributed by atoms with Crippen LogP contribution in [0.4, 0.5) is 0 Å². The lowest BCUT2D eigenvalue weighted by molar-refractivity contribution is -0.0139. The Morgan fingerprint density at radius 2 is 1.93 bits per heavy atom. The van der Waals surface area contributed by atoms with Crippen molar-refractivity contribution in [2.75, 3.05) is 6.61 Å². The Labute approximate surface area is 85.1 Å². The molecule has 0 saturated carbocycles. The van der Waals surface area contributed by atoms with Gasteiger partial charge in [-0.15, -0.1) is 0 Å². The van der Waals surface area contributed by atoms with Crippen LogP contribution >= 0.6 is 0 Å². The number of hydrogen-bond acceptors (Lipinski definition) is 1. The Kier molecular flexibility index (Phi) is 1.88. The average molecular weight is 188 g/mol. The first kappa shape index (κ1) is 8.49. The lowest BCUT2D eigenvalue weighted by atomic mass is 9.77. The van der Waals surface area contributed by atoms with Crippen molar-refractivity contribution in [1.82, 2.24) is 0 Å². The Hall–Kier alpha value is -0.820. The van der Waals surface area contributed by atoms with Crippen LogP contribution in [0.15, 0.2) is 24.3 Å². The summed E-state index contributed by atoms with van der Waals surface area (Å²) in [6.07, 6.45) is 6.21. The molecule has 74 valence electrons. The molecule has 1 saturated heterocycles. The highest BCUT2D eigenvalue weighted by Gasteiger charge is 2.39. The van der Waals surface area contributed by atoms with Gasteiger partial charge in [0.15, 0.2) is 0 Å². The largest absolute Gasteiger partial charge is 0.370 e. The van der Waals surface area contributed by atoms with Gasteiger partial charge in [-0.2, -0.15) is 0 Å². The lowest BCUT2D eigenvalue weighted by Crippen LogP contribution is -2.29. The zero-order valence-corrected chi connectivity index (χ0v) is 8.46. The van der Waals surface area contributed by atoms with Gasteiger partial charge in [-0.3, -0.25) is 0 Å². The molecule has 1 unspecified atom stereocenters. The van der Waals surface area contributed by atoms with Gasteiger partial charge in [0.25, 0.3) is 0 Å². The molecule has 1 atom stereocenters. The van der Waals surface area contributed by atoms with Crippen molar-refractivity contribution in [1.29, 1.82) is 0 Å². The predicted octanol–water partition coefficient (Wildman–Crippen LogP) is 3.03. The molecule has 1 fully saturated rings. The molecular weight excluding hydrogens is 172 g/mol. The minimum Gasteiger partial charge on any atom is -0.370 e. The van der Waals surface area contributed by atoms with E-state index in [9.17, 15) is 0 Å². The van der Waals surface area contributed by atoms with Gasteiger partial charge in [0, 0.05) is 6.61 Å². The Balaban J connectivity index is 2.10. The second-order valence-electron chi connectivity index (χ2n) is 4.46. The van der Waals surface area contributed by atoms with Crippen LogP contribution in [-0.2, 0) is 16.8 Å². The fourth-order valence-corrected chi connectivity index (χ4v) is 2.99. The Morgan fingerprint density at radius 3 is 2.79 bits per heavy atom. The van der Waals surface area contributed by atoms with Crippen molar-refractivity contribution in [3.05, 3.63) is 35.4 Å². The molecule has 1 nitrogen and oxygen atoms in total. The first-order chi connectivity index (χ1) is 6.91. The summed E-state index contributed by atoms with van der Waals surface area (Å²) < 4.78 is 6.01. The van der Waals surface area contributed by atoms with E-state index in [1.165, 1.54) is 43.2 Å². The van der Waals surface area contributed by atoms with Crippen LogP contribution < -0.4 is 0 Å². The molecule has 0 amide bonds. The van der Waals surface area contributed by atoms with Crippen LogP contribution in [0.3, 0.4) is 0 Å². The number of benzene rings is 1. The summed E-state index contributed by atoms with van der Waals surface area (Å²) in [5.74, 6) is 0. The summed E-state index contributed by atoms with van der Waals surface area (Å²) in [7, 11) is 0. The molecule has 2 aliphatic rings. The summed E-state index contributed by atoms with van der Waals surface area (Å²) in [4.78, 5) is 0. The van der Waals surface area contributed by atoms with Crippen LogP contribution in [-0.4, -0.2) is 6.61 Å². The maximum Gasteiger partial charge on any atom is 0.0934 e. The van der Waals surface area contributed by atoms with Gasteiger partial charge in [-0.1, -0.05) is 24.3 Å². The molecule has 0 aromatic heterocycles. The molecule has 1 heterocycles. The van der Waals surface area contributed by atoms with E-state index in [0.29, 0.717) is 0 Å². The summed E-state index contributed by atoms with van der Waals surface area (Å²) in [5, 5.41) is 0. The number of aryl methyl sites for hydroxylation is 1. The predicted molar refractivity (Wildman–Crippen MR) is 56.2 cm³/mol. The highest BCUT2D eigenvalue weighted by atomic mass is 16.5. The third-order valence-electron chi connectivity index (χ3n) is 3.64. The van der Waals surface area contributed by atoms with Crippen LogP contribution in [0.2, 0.25) is 0 Å². The van der Waals surface area contributed by atoms with Crippen LogP contribution in [0.25, 0.3) is 0 Å². The van der Waals surface area contributed by atoms with Crippen molar-refractivity contribution < 1.29 is 4.74 Å². The van der Waals surface area contributed by atoms with Crippen molar-refractivity contribution in [2.45, 2.75) is 37.7 Å². The van der Waals surface area contributed by atoms with E-state index in [0.717, 1.165) is 6.61 Å². The molecule has 14 heavy (non-hydrogen) atoms. The third-order valence-corrected chi connectivity index (χ3v) is 3.64. The molecular formula is C13H16O. The first-order valence-corrected chi connectivity index (χ1v) is 5.63. The molecule has 1 aliphatic carbocycles. The molecule has 1 aromatic rings. The highest BCUT2D eigenvalue weighted by molar-refractivity contribution is 5.35. The zero-order valence-electron chi connectivity index (χ0n) is 8.46. The summed E-state index contributed by atoms with van der Waals surface area (Å²) in [6.45, 7) is 0.953. The normalized spacial score (nSPS) is 30.6. The summed E-state index contributed by atoms with van der Waals surface area (Å²) in [5.41, 5.74) is 3.10. The molecule has 1 heteroatoms. The van der Waals surface area contributed by atoms with E-state index >= 15 is 0 Å². The van der Waals surface area contributed by atoms with Gasteiger partial charge in [0.2, 0.25) is 0 Å². The molecule has 0 N–H and O–H groups in total. The van der Waals surface area contributed by atoms with Gasteiger partial charge in [0.1, 0.15) is 0 Å². The van der Waals surface area contributed by atoms with Crippen LogP contribution in [0, 0.1) is 0 Å². The minimum atomic E-state index is 0.106. The van der Waals surface area contributed by atoms with Crippen molar-refractivity contribution >= 4 is 0 Å². The Bertz CT molecular complexity index is 337. The molecule has 1 aliphatic heterocycles. The van der Waals surface area contributed by atoms with Crippen molar-refractivity contribution in [3.63, 3.8) is 0 Å². The molecule has 1 spiro atoms. The second-order valence-corrected chi connectivity index (χ2v) is 4.46. The first-order valence-electron chi connectivity index (χ1n) is 5.63. The molecule has 0 bridgehead atoms. The topological polar surface area (TPSA) is 9.23 Å². The van der Waals surface area contributed by atoms with Crippen LogP contribution in [0.1, 0.15) is 36.8 Å². The number of ether oxygens (including phenoxy) is 1. The number of rotatable bonds is 0. The number of hydrogen-bond donors (Lipinski definition) is 0. The fraction of sp³-hybridized carbons (Fsp3) is 0.538. The van der Waals surface area contributed by atoms with E-state index < -0.39 is 0 Å². The van der Waals surface area contributed by atoms with Crippen molar-refractivity contribution in [3.8, 4) is 0 Å².